The number of hydrogen-bond acceptors (Lipinski definition) is 6. The maximum absolute atomic E-state index is 13.0. The maximum Gasteiger partial charge on any atom is 0.293 e. The van der Waals surface area contributed by atoms with Gasteiger partial charge in [-0.2, -0.15) is 0 Å². The summed E-state index contributed by atoms with van der Waals surface area (Å²) in [4.78, 5) is 14.8. The Bertz CT molecular complexity index is 975. The molecule has 7 heteroatoms. The third-order valence-corrected chi connectivity index (χ3v) is 5.06. The predicted octanol–water partition coefficient (Wildman–Crippen LogP) is 4.44. The van der Waals surface area contributed by atoms with Gasteiger partial charge in [0.1, 0.15) is 22.9 Å². The topological polar surface area (TPSA) is 81.6 Å². The highest BCUT2D eigenvalue weighted by Crippen LogP contribution is 2.34. The molecule has 1 aliphatic rings. The number of benzene rings is 1. The fraction of sp³-hybridized carbons (Fsp3) is 0.381. The Balaban J connectivity index is 1.56. The Morgan fingerprint density at radius 2 is 2.07 bits per heavy atom. The molecule has 0 radical (unpaired) electrons. The molecule has 0 spiro atoms. The highest BCUT2D eigenvalue weighted by Gasteiger charge is 2.34. The number of aromatic nitrogens is 2. The first-order valence-corrected chi connectivity index (χ1v) is 9.45. The molecule has 1 aliphatic heterocycles. The molecule has 0 unspecified atom stereocenters. The molecule has 0 bridgehead atoms. The molecular formula is C21H23N3O4. The molecule has 1 fully saturated rings. The largest absolute Gasteiger partial charge is 0.497 e. The third-order valence-electron chi connectivity index (χ3n) is 5.06. The number of methoxy groups -OCH3 is 1. The number of carbonyl (C=O) groups excluding carboxylic acids is 1. The molecule has 7 nitrogen and oxygen atoms in total. The minimum atomic E-state index is -0.182. The van der Waals surface area contributed by atoms with Crippen LogP contribution >= 0.6 is 0 Å². The zero-order chi connectivity index (χ0) is 19.7. The maximum atomic E-state index is 13.0. The van der Waals surface area contributed by atoms with E-state index in [2.05, 4.69) is 24.2 Å². The van der Waals surface area contributed by atoms with Gasteiger partial charge < -0.3 is 18.7 Å². The first-order valence-electron chi connectivity index (χ1n) is 9.45. The minimum absolute atomic E-state index is 0.103. The van der Waals surface area contributed by atoms with E-state index < -0.39 is 0 Å². The van der Waals surface area contributed by atoms with Crippen molar-refractivity contribution in [2.24, 2.45) is 0 Å². The van der Waals surface area contributed by atoms with Crippen LogP contribution in [0.1, 0.15) is 60.7 Å². The molecular weight excluding hydrogens is 358 g/mol. The summed E-state index contributed by atoms with van der Waals surface area (Å²) in [5.41, 5.74) is 2.22. The molecule has 0 aliphatic carbocycles. The molecule has 28 heavy (non-hydrogen) atoms. The number of carbonyl (C=O) groups is 1. The van der Waals surface area contributed by atoms with Crippen molar-refractivity contribution in [1.82, 2.24) is 15.2 Å². The predicted molar refractivity (Wildman–Crippen MR) is 102 cm³/mol. The van der Waals surface area contributed by atoms with Gasteiger partial charge in [0.05, 0.1) is 13.2 Å². The molecule has 3 aromatic rings. The van der Waals surface area contributed by atoms with Gasteiger partial charge in [0.2, 0.25) is 5.76 Å². The number of ether oxygens (including phenoxy) is 1. The van der Waals surface area contributed by atoms with Crippen LogP contribution in [0, 0.1) is 0 Å². The van der Waals surface area contributed by atoms with Gasteiger partial charge in [-0.3, -0.25) is 4.79 Å². The van der Waals surface area contributed by atoms with Crippen molar-refractivity contribution in [1.29, 1.82) is 0 Å². The minimum Gasteiger partial charge on any atom is -0.497 e. The quantitative estimate of drug-likeness (QED) is 0.650. The van der Waals surface area contributed by atoms with Crippen LogP contribution in [0.15, 0.2) is 45.4 Å². The average molecular weight is 381 g/mol. The fourth-order valence-electron chi connectivity index (χ4n) is 3.49. The monoisotopic (exact) mass is 381 g/mol. The van der Waals surface area contributed by atoms with Crippen molar-refractivity contribution in [3.63, 3.8) is 0 Å². The standard InChI is InChI=1S/C21H23N3O4/c1-13(2)19-12-17(23-27-19)18-8-5-9-24(18)21(25)20-11-16(22-28-20)14-6-4-7-15(10-14)26-3/h4,6-7,10-13,18H,5,8-9H2,1-3H3/t18-/m1/s1. The van der Waals surface area contributed by atoms with E-state index in [1.54, 1.807) is 18.1 Å². The summed E-state index contributed by atoms with van der Waals surface area (Å²) < 4.78 is 16.0. The highest BCUT2D eigenvalue weighted by molar-refractivity contribution is 5.93. The van der Waals surface area contributed by atoms with Gasteiger partial charge >= 0.3 is 0 Å². The van der Waals surface area contributed by atoms with E-state index in [1.165, 1.54) is 0 Å². The van der Waals surface area contributed by atoms with Crippen molar-refractivity contribution < 1.29 is 18.6 Å². The van der Waals surface area contributed by atoms with Crippen molar-refractivity contribution in [3.05, 3.63) is 53.6 Å². The van der Waals surface area contributed by atoms with E-state index >= 15 is 0 Å². The van der Waals surface area contributed by atoms with Crippen LogP contribution in [-0.2, 0) is 0 Å². The van der Waals surface area contributed by atoms with Gasteiger partial charge in [0, 0.05) is 30.2 Å². The van der Waals surface area contributed by atoms with E-state index in [1.807, 2.05) is 30.3 Å². The summed E-state index contributed by atoms with van der Waals surface area (Å²) in [5, 5.41) is 8.26. The molecule has 146 valence electrons. The Morgan fingerprint density at radius 3 is 2.82 bits per heavy atom. The number of hydrogen-bond donors (Lipinski definition) is 0. The van der Waals surface area contributed by atoms with E-state index in [4.69, 9.17) is 13.8 Å². The zero-order valence-electron chi connectivity index (χ0n) is 16.2. The Kier molecular flexibility index (Phi) is 4.90. The smallest absolute Gasteiger partial charge is 0.293 e. The normalized spacial score (nSPS) is 16.7. The van der Waals surface area contributed by atoms with Gasteiger partial charge in [-0.25, -0.2) is 0 Å². The Morgan fingerprint density at radius 1 is 1.21 bits per heavy atom. The van der Waals surface area contributed by atoms with Crippen molar-refractivity contribution in [2.45, 2.75) is 38.6 Å². The van der Waals surface area contributed by atoms with Crippen molar-refractivity contribution in [2.75, 3.05) is 13.7 Å². The second-order valence-electron chi connectivity index (χ2n) is 7.27. The first kappa shape index (κ1) is 18.3. The third kappa shape index (κ3) is 3.40. The molecule has 1 atom stereocenters. The van der Waals surface area contributed by atoms with Crippen LogP contribution in [0.3, 0.4) is 0 Å². The molecule has 1 saturated heterocycles. The molecule has 3 heterocycles. The summed E-state index contributed by atoms with van der Waals surface area (Å²) in [6, 6.07) is 11.0. The van der Waals surface area contributed by atoms with Crippen LogP contribution in [0.25, 0.3) is 11.3 Å². The lowest BCUT2D eigenvalue weighted by molar-refractivity contribution is 0.0688. The molecule has 2 aromatic heterocycles. The second kappa shape index (κ2) is 7.50. The SMILES string of the molecule is COc1cccc(-c2cc(C(=O)N3CCC[C@@H]3c3cc(C(C)C)on3)on2)c1. The number of nitrogens with zero attached hydrogens (tertiary/aromatic N) is 3. The van der Waals surface area contributed by atoms with Crippen LogP contribution in [0.5, 0.6) is 5.75 Å². The van der Waals surface area contributed by atoms with Crippen molar-refractivity contribution in [3.8, 4) is 17.0 Å². The van der Waals surface area contributed by atoms with E-state index in [9.17, 15) is 4.79 Å². The zero-order valence-corrected chi connectivity index (χ0v) is 16.2. The molecule has 1 aromatic carbocycles. The summed E-state index contributed by atoms with van der Waals surface area (Å²) in [6.45, 7) is 4.76. The fourth-order valence-corrected chi connectivity index (χ4v) is 3.49. The molecule has 4 rings (SSSR count). The number of amides is 1. The lowest BCUT2D eigenvalue weighted by Crippen LogP contribution is -2.30. The summed E-state index contributed by atoms with van der Waals surface area (Å²) in [6.07, 6.45) is 1.77. The van der Waals surface area contributed by atoms with Crippen molar-refractivity contribution >= 4 is 5.91 Å². The lowest BCUT2D eigenvalue weighted by Gasteiger charge is -2.21. The van der Waals surface area contributed by atoms with Crippen LogP contribution in [0.4, 0.5) is 0 Å². The first-order chi connectivity index (χ1) is 13.6. The number of rotatable bonds is 5. The van der Waals surface area contributed by atoms with Gasteiger partial charge in [-0.05, 0) is 25.0 Å². The van der Waals surface area contributed by atoms with E-state index in [0.29, 0.717) is 12.2 Å². The Hall–Kier alpha value is -3.09. The molecule has 0 saturated carbocycles. The van der Waals surface area contributed by atoms with E-state index in [-0.39, 0.29) is 23.6 Å². The van der Waals surface area contributed by atoms with Gasteiger partial charge in [0.15, 0.2) is 0 Å². The van der Waals surface area contributed by atoms with Gasteiger partial charge in [-0.15, -0.1) is 0 Å². The average Bonchev–Trinajstić information content (AvgIpc) is 3.47. The summed E-state index contributed by atoms with van der Waals surface area (Å²) >= 11 is 0. The van der Waals surface area contributed by atoms with Gasteiger partial charge in [-0.1, -0.05) is 36.3 Å². The summed E-state index contributed by atoms with van der Waals surface area (Å²) in [7, 11) is 1.61. The highest BCUT2D eigenvalue weighted by atomic mass is 16.5. The lowest BCUT2D eigenvalue weighted by atomic mass is 10.1. The van der Waals surface area contributed by atoms with Crippen LogP contribution < -0.4 is 4.74 Å². The van der Waals surface area contributed by atoms with E-state index in [0.717, 1.165) is 35.6 Å². The van der Waals surface area contributed by atoms with Crippen LogP contribution in [0.2, 0.25) is 0 Å². The number of likely N-dealkylation sites (tertiary alicyclic amines) is 1. The Labute approximate surface area is 163 Å². The van der Waals surface area contributed by atoms with Gasteiger partial charge in [0.25, 0.3) is 5.91 Å². The molecule has 1 amide bonds. The van der Waals surface area contributed by atoms with Crippen LogP contribution in [-0.4, -0.2) is 34.8 Å². The molecule has 0 N–H and O–H groups in total. The second-order valence-corrected chi connectivity index (χ2v) is 7.27. The summed E-state index contributed by atoms with van der Waals surface area (Å²) in [5.74, 6) is 1.84.